The molecule has 0 aliphatic carbocycles. The van der Waals surface area contributed by atoms with Crippen molar-refractivity contribution in [2.75, 3.05) is 14.2 Å². The molecule has 0 N–H and O–H groups in total. The average molecular weight is 244 g/mol. The first-order valence-electron chi connectivity index (χ1n) is 4.84. The van der Waals surface area contributed by atoms with Crippen LogP contribution in [0.3, 0.4) is 0 Å². The van der Waals surface area contributed by atoms with Crippen LogP contribution in [-0.2, 0) is 16.1 Å². The average Bonchev–Trinajstić information content (AvgIpc) is 2.25. The van der Waals surface area contributed by atoms with Gasteiger partial charge in [-0.2, -0.15) is 0 Å². The zero-order valence-corrected chi connectivity index (χ0v) is 11.1. The van der Waals surface area contributed by atoms with Gasteiger partial charge in [-0.25, -0.2) is 9.31 Å². The van der Waals surface area contributed by atoms with Crippen molar-refractivity contribution in [1.82, 2.24) is 0 Å². The van der Waals surface area contributed by atoms with Crippen LogP contribution in [0.15, 0.2) is 16.9 Å². The van der Waals surface area contributed by atoms with Gasteiger partial charge in [0.05, 0.1) is 5.69 Å². The molecule has 16 heavy (non-hydrogen) atoms. The molecule has 6 heteroatoms. The lowest BCUT2D eigenvalue weighted by molar-refractivity contribution is -0.683. The fourth-order valence-electron chi connectivity index (χ4n) is 1.30. The highest BCUT2D eigenvalue weighted by Gasteiger charge is 2.09. The molecular weight excluding hydrogens is 227 g/mol. The first-order chi connectivity index (χ1) is 7.41. The van der Waals surface area contributed by atoms with Gasteiger partial charge in [0.15, 0.2) is 11.4 Å². The molecule has 0 radical (unpaired) electrons. The van der Waals surface area contributed by atoms with E-state index in [1.54, 1.807) is 0 Å². The molecule has 0 atom stereocenters. The normalized spacial score (nSPS) is 11.6. The van der Waals surface area contributed by atoms with E-state index < -0.39 is 7.74 Å². The molecule has 0 fully saturated rings. The van der Waals surface area contributed by atoms with Crippen molar-refractivity contribution < 1.29 is 18.5 Å². The Morgan fingerprint density at radius 2 is 1.62 bits per heavy atom. The van der Waals surface area contributed by atoms with Gasteiger partial charge in [-0.05, 0) is 0 Å². The largest absolute Gasteiger partial charge is 0.773 e. The van der Waals surface area contributed by atoms with Gasteiger partial charge in [0, 0.05) is 40.2 Å². The molecule has 90 valence electrons. The highest BCUT2D eigenvalue weighted by atomic mass is 31.2. The highest BCUT2D eigenvalue weighted by Crippen LogP contribution is 2.44. The summed E-state index contributed by atoms with van der Waals surface area (Å²) in [5, 5.41) is 0. The number of nitrogens with zero attached hydrogens (tertiary/aromatic N) is 2. The summed E-state index contributed by atoms with van der Waals surface area (Å²) in [5.41, 5.74) is 2.65. The smallest absolute Gasteiger partial charge is 0.180 e. The molecule has 0 unspecified atom stereocenters. The van der Waals surface area contributed by atoms with Crippen molar-refractivity contribution in [3.05, 3.63) is 23.5 Å². The van der Waals surface area contributed by atoms with E-state index >= 15 is 0 Å². The van der Waals surface area contributed by atoms with Crippen molar-refractivity contribution in [3.8, 4) is 0 Å². The number of pyridine rings is 1. The first kappa shape index (κ1) is 13.3. The quantitative estimate of drug-likeness (QED) is 0.596. The number of rotatable bonds is 3. The standard InChI is InChI=1S/C10H17N2O3P/c1-8-6-10(7-9(2)12(8)3)11-16(13,14-4)15-5/h6-7H,1-5H3. The van der Waals surface area contributed by atoms with Crippen LogP contribution in [0.4, 0.5) is 5.69 Å². The van der Waals surface area contributed by atoms with E-state index in [0.29, 0.717) is 5.69 Å². The Morgan fingerprint density at radius 3 is 2.00 bits per heavy atom. The Hall–Kier alpha value is -0.740. The molecule has 0 aromatic carbocycles. The zero-order valence-electron chi connectivity index (χ0n) is 10.2. The van der Waals surface area contributed by atoms with Gasteiger partial charge >= 0.3 is 0 Å². The molecule has 1 aromatic rings. The van der Waals surface area contributed by atoms with E-state index in [0.717, 1.165) is 11.4 Å². The van der Waals surface area contributed by atoms with Crippen LogP contribution in [0.2, 0.25) is 0 Å². The van der Waals surface area contributed by atoms with Crippen LogP contribution < -0.4 is 9.46 Å². The lowest BCUT2D eigenvalue weighted by Crippen LogP contribution is -2.34. The molecule has 0 aliphatic heterocycles. The lowest BCUT2D eigenvalue weighted by Gasteiger charge is -2.25. The summed E-state index contributed by atoms with van der Waals surface area (Å²) in [7, 11) is 1.25. The van der Waals surface area contributed by atoms with Gasteiger partial charge in [-0.15, -0.1) is 0 Å². The third kappa shape index (κ3) is 2.89. The van der Waals surface area contributed by atoms with Crippen molar-refractivity contribution >= 4 is 13.4 Å². The van der Waals surface area contributed by atoms with Gasteiger partial charge in [0.1, 0.15) is 14.8 Å². The molecule has 1 rings (SSSR count). The fraction of sp³-hybridized carbons (Fsp3) is 0.500. The summed E-state index contributed by atoms with van der Waals surface area (Å²) in [6, 6.07) is 3.66. The molecule has 0 spiro atoms. The van der Waals surface area contributed by atoms with Crippen LogP contribution in [0.1, 0.15) is 11.4 Å². The predicted molar refractivity (Wildman–Crippen MR) is 60.1 cm³/mol. The maximum atomic E-state index is 11.8. The Labute approximate surface area is 96.0 Å². The Morgan fingerprint density at radius 1 is 1.19 bits per heavy atom. The van der Waals surface area contributed by atoms with Crippen molar-refractivity contribution in [3.63, 3.8) is 0 Å². The second-order valence-corrected chi connectivity index (χ2v) is 5.36. The first-order valence-corrected chi connectivity index (χ1v) is 6.33. The van der Waals surface area contributed by atoms with E-state index in [1.807, 2.05) is 37.6 Å². The van der Waals surface area contributed by atoms with Gasteiger partial charge in [0.2, 0.25) is 0 Å². The molecule has 1 aromatic heterocycles. The maximum Gasteiger partial charge on any atom is 0.180 e. The van der Waals surface area contributed by atoms with Gasteiger partial charge < -0.3 is 13.9 Å². The van der Waals surface area contributed by atoms with Crippen LogP contribution in [0, 0.1) is 13.8 Å². The minimum Gasteiger partial charge on any atom is -0.773 e. The van der Waals surface area contributed by atoms with E-state index in [9.17, 15) is 4.89 Å². The molecule has 5 nitrogen and oxygen atoms in total. The van der Waals surface area contributed by atoms with Crippen molar-refractivity contribution in [2.45, 2.75) is 13.8 Å². The SMILES string of the molecule is COP([O-])(=Nc1cc(C)[n+](C)c(C)c1)OC. The molecule has 0 saturated carbocycles. The van der Waals surface area contributed by atoms with Crippen molar-refractivity contribution in [1.29, 1.82) is 0 Å². The summed E-state index contributed by atoms with van der Waals surface area (Å²) >= 11 is 0. The number of hydrogen-bond donors (Lipinski definition) is 0. The van der Waals surface area contributed by atoms with E-state index in [-0.39, 0.29) is 0 Å². The monoisotopic (exact) mass is 244 g/mol. The lowest BCUT2D eigenvalue weighted by atomic mass is 10.3. The van der Waals surface area contributed by atoms with E-state index in [1.165, 1.54) is 14.2 Å². The zero-order chi connectivity index (χ0) is 12.3. The minimum absolute atomic E-state index is 0.597. The molecule has 0 aliphatic rings. The summed E-state index contributed by atoms with van der Waals surface area (Å²) in [4.78, 5) is 11.8. The van der Waals surface area contributed by atoms with Gasteiger partial charge in [-0.3, -0.25) is 0 Å². The summed E-state index contributed by atoms with van der Waals surface area (Å²) in [6.07, 6.45) is 0. The Kier molecular flexibility index (Phi) is 4.21. The molecule has 0 saturated heterocycles. The highest BCUT2D eigenvalue weighted by molar-refractivity contribution is 7.48. The van der Waals surface area contributed by atoms with E-state index in [4.69, 9.17) is 9.05 Å². The molecular formula is C10H17N2O3P. The maximum absolute atomic E-state index is 11.8. The molecule has 0 bridgehead atoms. The van der Waals surface area contributed by atoms with Gasteiger partial charge in [-0.1, -0.05) is 0 Å². The van der Waals surface area contributed by atoms with Gasteiger partial charge in [0.25, 0.3) is 0 Å². The summed E-state index contributed by atoms with van der Waals surface area (Å²) in [6.45, 7) is 3.91. The number of aryl methyl sites for hydroxylation is 2. The molecule has 0 amide bonds. The topological polar surface area (TPSA) is 57.8 Å². The third-order valence-corrected chi connectivity index (χ3v) is 3.87. The van der Waals surface area contributed by atoms with Crippen LogP contribution in [0.25, 0.3) is 0 Å². The summed E-state index contributed by atoms with van der Waals surface area (Å²) < 4.78 is 15.5. The van der Waals surface area contributed by atoms with Crippen molar-refractivity contribution in [2.24, 2.45) is 11.8 Å². The summed E-state index contributed by atoms with van der Waals surface area (Å²) in [5.74, 6) is 0. The number of aromatic nitrogens is 1. The predicted octanol–water partition coefficient (Wildman–Crippen LogP) is 1.36. The van der Waals surface area contributed by atoms with Crippen LogP contribution in [0.5, 0.6) is 0 Å². The van der Waals surface area contributed by atoms with Crippen LogP contribution >= 0.6 is 7.74 Å². The fourth-order valence-corrected chi connectivity index (χ4v) is 2.01. The Balaban J connectivity index is 3.26. The minimum atomic E-state index is -3.34. The second-order valence-electron chi connectivity index (χ2n) is 3.49. The Bertz CT molecular complexity index is 415. The number of hydrogen-bond acceptors (Lipinski definition) is 4. The third-order valence-electron chi connectivity index (χ3n) is 2.47. The molecule has 1 heterocycles. The second kappa shape index (κ2) is 5.06. The van der Waals surface area contributed by atoms with E-state index in [2.05, 4.69) is 4.74 Å². The van der Waals surface area contributed by atoms with Crippen LogP contribution in [-0.4, -0.2) is 14.2 Å².